The molecule has 0 bridgehead atoms. The molecule has 0 saturated heterocycles. The van der Waals surface area contributed by atoms with E-state index in [-0.39, 0.29) is 16.8 Å². The zero-order chi connectivity index (χ0) is 21.0. The lowest BCUT2D eigenvalue weighted by atomic mass is 9.44. The molecule has 0 aromatic rings. The van der Waals surface area contributed by atoms with Gasteiger partial charge >= 0.3 is 5.97 Å². The highest BCUT2D eigenvalue weighted by Gasteiger charge is 2.63. The van der Waals surface area contributed by atoms with Gasteiger partial charge in [0, 0.05) is 31.1 Å². The zero-order valence-corrected chi connectivity index (χ0v) is 18.7. The number of hydrogen-bond donors (Lipinski definition) is 0. The van der Waals surface area contributed by atoms with Gasteiger partial charge in [0.2, 0.25) is 0 Å². The summed E-state index contributed by atoms with van der Waals surface area (Å²) in [5.74, 6) is 3.55. The first kappa shape index (κ1) is 21.1. The fourth-order valence-corrected chi connectivity index (χ4v) is 8.34. The summed E-state index contributed by atoms with van der Waals surface area (Å²) in [4.78, 5) is 37.4. The Hall–Kier alpha value is -1.19. The Balaban J connectivity index is 1.55. The van der Waals surface area contributed by atoms with Crippen molar-refractivity contribution in [3.63, 3.8) is 0 Å². The molecule has 0 amide bonds. The molecule has 0 spiro atoms. The molecule has 162 valence electrons. The van der Waals surface area contributed by atoms with Crippen molar-refractivity contribution in [2.24, 2.45) is 46.3 Å². The van der Waals surface area contributed by atoms with Crippen molar-refractivity contribution in [2.45, 2.75) is 85.0 Å². The topological polar surface area (TPSA) is 60.4 Å². The van der Waals surface area contributed by atoms with Crippen LogP contribution in [0.25, 0.3) is 0 Å². The van der Waals surface area contributed by atoms with E-state index in [1.165, 1.54) is 13.5 Å². The van der Waals surface area contributed by atoms with Gasteiger partial charge in [-0.15, -0.1) is 0 Å². The largest absolute Gasteiger partial charge is 0.469 e. The van der Waals surface area contributed by atoms with Crippen molar-refractivity contribution < 1.29 is 19.1 Å². The molecule has 0 unspecified atom stereocenters. The highest BCUT2D eigenvalue weighted by atomic mass is 16.5. The number of esters is 1. The van der Waals surface area contributed by atoms with E-state index >= 15 is 0 Å². The maximum Gasteiger partial charge on any atom is 0.305 e. The van der Waals surface area contributed by atoms with Gasteiger partial charge in [-0.25, -0.2) is 0 Å². The van der Waals surface area contributed by atoms with Crippen LogP contribution in [0.3, 0.4) is 0 Å². The van der Waals surface area contributed by atoms with Crippen molar-refractivity contribution in [1.29, 1.82) is 0 Å². The maximum atomic E-state index is 13.7. The third-order valence-corrected chi connectivity index (χ3v) is 10.1. The molecule has 29 heavy (non-hydrogen) atoms. The van der Waals surface area contributed by atoms with E-state index in [9.17, 15) is 14.4 Å². The normalized spacial score (nSPS) is 45.2. The summed E-state index contributed by atoms with van der Waals surface area (Å²) < 4.78 is 4.83. The smallest absolute Gasteiger partial charge is 0.305 e. The average Bonchev–Trinajstić information content (AvgIpc) is 3.06. The van der Waals surface area contributed by atoms with Crippen LogP contribution >= 0.6 is 0 Å². The summed E-state index contributed by atoms with van der Waals surface area (Å²) in [6.45, 7) is 6.87. The summed E-state index contributed by atoms with van der Waals surface area (Å²) in [7, 11) is 1.44. The second-order valence-corrected chi connectivity index (χ2v) is 11.1. The Morgan fingerprint density at radius 2 is 1.86 bits per heavy atom. The van der Waals surface area contributed by atoms with Crippen molar-refractivity contribution in [3.8, 4) is 0 Å². The van der Waals surface area contributed by atoms with Crippen molar-refractivity contribution in [3.05, 3.63) is 0 Å². The molecule has 4 fully saturated rings. The van der Waals surface area contributed by atoms with Crippen LogP contribution in [0.15, 0.2) is 0 Å². The van der Waals surface area contributed by atoms with Crippen molar-refractivity contribution in [1.82, 2.24) is 0 Å². The third kappa shape index (κ3) is 3.20. The van der Waals surface area contributed by atoms with Gasteiger partial charge in [0.1, 0.15) is 11.6 Å². The van der Waals surface area contributed by atoms with E-state index < -0.39 is 0 Å². The molecule has 4 saturated carbocycles. The number of ether oxygens (including phenoxy) is 1. The minimum Gasteiger partial charge on any atom is -0.469 e. The monoisotopic (exact) mass is 402 g/mol. The number of carbonyl (C=O) groups excluding carboxylic acids is 3. The van der Waals surface area contributed by atoms with Gasteiger partial charge in [-0.05, 0) is 79.4 Å². The fraction of sp³-hybridized carbons (Fsp3) is 0.880. The highest BCUT2D eigenvalue weighted by molar-refractivity contribution is 5.87. The highest BCUT2D eigenvalue weighted by Crippen LogP contribution is 2.67. The van der Waals surface area contributed by atoms with E-state index in [1.807, 2.05) is 0 Å². The summed E-state index contributed by atoms with van der Waals surface area (Å²) in [6.07, 6.45) is 9.00. The number of rotatable bonds is 4. The molecule has 4 aliphatic rings. The first-order valence-corrected chi connectivity index (χ1v) is 11.8. The Morgan fingerprint density at radius 1 is 1.10 bits per heavy atom. The molecule has 4 aliphatic carbocycles. The van der Waals surface area contributed by atoms with Crippen LogP contribution in [0.1, 0.15) is 85.0 Å². The van der Waals surface area contributed by atoms with Crippen LogP contribution in [-0.2, 0) is 19.1 Å². The minimum absolute atomic E-state index is 0.148. The second-order valence-electron chi connectivity index (χ2n) is 11.1. The lowest BCUT2D eigenvalue weighted by Crippen LogP contribution is -2.57. The first-order valence-electron chi connectivity index (χ1n) is 11.8. The van der Waals surface area contributed by atoms with Crippen LogP contribution in [0, 0.1) is 46.3 Å². The number of fused-ring (bicyclic) bond motifs is 5. The minimum atomic E-state index is -0.232. The third-order valence-electron chi connectivity index (χ3n) is 10.1. The standard InChI is InChI=1S/C25H38O4/c1-15(5-10-23(28)29-4)19-8-9-20-18-7-6-16-13-17(26)11-12-24(16,2)21(18)14-22(27)25(19,20)3/h15-16,18-21H,5-14H2,1-4H3/t15-,16+,18-,19+,20+,21+,24-,25+/m0/s1. The van der Waals surface area contributed by atoms with Crippen LogP contribution < -0.4 is 0 Å². The molecule has 4 rings (SSSR count). The molecule has 4 heteroatoms. The Morgan fingerprint density at radius 3 is 2.59 bits per heavy atom. The lowest BCUT2D eigenvalue weighted by Gasteiger charge is -2.59. The van der Waals surface area contributed by atoms with Gasteiger partial charge in [0.05, 0.1) is 7.11 Å². The maximum absolute atomic E-state index is 13.7. The summed E-state index contributed by atoms with van der Waals surface area (Å²) >= 11 is 0. The lowest BCUT2D eigenvalue weighted by molar-refractivity contribution is -0.159. The predicted octanol–water partition coefficient (Wildman–Crippen LogP) is 4.98. The van der Waals surface area contributed by atoms with Gasteiger partial charge in [0.25, 0.3) is 0 Å². The summed E-state index contributed by atoms with van der Waals surface area (Å²) in [5.41, 5.74) is -0.0627. The van der Waals surface area contributed by atoms with Crippen LogP contribution in [0.4, 0.5) is 0 Å². The molecular formula is C25H38O4. The predicted molar refractivity (Wildman–Crippen MR) is 111 cm³/mol. The Labute approximate surface area is 175 Å². The van der Waals surface area contributed by atoms with E-state index in [0.29, 0.717) is 66.3 Å². The number of methoxy groups -OCH3 is 1. The van der Waals surface area contributed by atoms with Gasteiger partial charge in [-0.2, -0.15) is 0 Å². The molecule has 0 heterocycles. The first-order chi connectivity index (χ1) is 13.7. The number of ketones is 2. The van der Waals surface area contributed by atoms with Crippen molar-refractivity contribution in [2.75, 3.05) is 7.11 Å². The fourth-order valence-electron chi connectivity index (χ4n) is 8.34. The van der Waals surface area contributed by atoms with E-state index in [0.717, 1.165) is 38.5 Å². The van der Waals surface area contributed by atoms with Crippen LogP contribution in [0.2, 0.25) is 0 Å². The molecule has 0 radical (unpaired) electrons. The van der Waals surface area contributed by atoms with E-state index in [4.69, 9.17) is 4.74 Å². The van der Waals surface area contributed by atoms with Crippen LogP contribution in [-0.4, -0.2) is 24.6 Å². The molecule has 0 aliphatic heterocycles. The average molecular weight is 403 g/mol. The van der Waals surface area contributed by atoms with E-state index in [1.54, 1.807) is 0 Å². The molecule has 0 aromatic carbocycles. The SMILES string of the molecule is COC(=O)CC[C@H](C)[C@H]1CC[C@@H]2[C@@H]3CC[C@@H]4CC(=O)CC[C@]4(C)[C@@H]3CC(=O)[C@@]21C. The van der Waals surface area contributed by atoms with Crippen LogP contribution in [0.5, 0.6) is 0 Å². The molecule has 8 atom stereocenters. The van der Waals surface area contributed by atoms with Gasteiger partial charge in [0.15, 0.2) is 0 Å². The van der Waals surface area contributed by atoms with Gasteiger partial charge < -0.3 is 4.74 Å². The summed E-state index contributed by atoms with van der Waals surface area (Å²) in [5, 5.41) is 0. The summed E-state index contributed by atoms with van der Waals surface area (Å²) in [6, 6.07) is 0. The van der Waals surface area contributed by atoms with Crippen molar-refractivity contribution >= 4 is 17.5 Å². The zero-order valence-electron chi connectivity index (χ0n) is 18.7. The molecule has 0 aromatic heterocycles. The quantitative estimate of drug-likeness (QED) is 0.622. The Bertz CT molecular complexity index is 699. The molecular weight excluding hydrogens is 364 g/mol. The number of carbonyl (C=O) groups is 3. The van der Waals surface area contributed by atoms with Gasteiger partial charge in [-0.3, -0.25) is 14.4 Å². The number of Topliss-reactive ketones (excluding diaryl/α,β-unsaturated/α-hetero) is 2. The van der Waals surface area contributed by atoms with Gasteiger partial charge in [-0.1, -0.05) is 20.8 Å². The second kappa shape index (κ2) is 7.50. The molecule has 4 nitrogen and oxygen atoms in total. The number of hydrogen-bond acceptors (Lipinski definition) is 4. The Kier molecular flexibility index (Phi) is 5.44. The molecule has 0 N–H and O–H groups in total. The van der Waals surface area contributed by atoms with E-state index in [2.05, 4.69) is 20.8 Å².